The van der Waals surface area contributed by atoms with Crippen LogP contribution in [0.4, 0.5) is 0 Å². The fourth-order valence-electron chi connectivity index (χ4n) is 1.10. The highest BCUT2D eigenvalue weighted by Gasteiger charge is 2.17. The van der Waals surface area contributed by atoms with E-state index in [0.717, 1.165) is 11.1 Å². The molecule has 0 bridgehead atoms. The molecule has 1 rings (SSSR count). The van der Waals surface area contributed by atoms with E-state index in [1.54, 1.807) is 13.0 Å². The van der Waals surface area contributed by atoms with Crippen LogP contribution in [-0.2, 0) is 9.05 Å². The van der Waals surface area contributed by atoms with Crippen molar-refractivity contribution in [2.45, 2.75) is 11.8 Å². The highest BCUT2D eigenvalue weighted by molar-refractivity contribution is 8.13. The van der Waals surface area contributed by atoms with Gasteiger partial charge in [0.25, 0.3) is 9.05 Å². The predicted octanol–water partition coefficient (Wildman–Crippen LogP) is 3.62. The van der Waals surface area contributed by atoms with Gasteiger partial charge in [-0.3, -0.25) is 0 Å². The molecular formula is C10H9Cl3O3S. The van der Waals surface area contributed by atoms with Crippen molar-refractivity contribution in [3.05, 3.63) is 34.3 Å². The lowest BCUT2D eigenvalue weighted by Gasteiger charge is -2.09. The molecule has 0 aliphatic rings. The molecule has 0 unspecified atom stereocenters. The van der Waals surface area contributed by atoms with Gasteiger partial charge in [-0.15, -0.1) is 0 Å². The highest BCUT2D eigenvalue weighted by atomic mass is 35.7. The van der Waals surface area contributed by atoms with Gasteiger partial charge in [0.1, 0.15) is 17.3 Å². The van der Waals surface area contributed by atoms with Crippen LogP contribution in [-0.4, -0.2) is 15.0 Å². The Kier molecular flexibility index (Phi) is 5.13. The van der Waals surface area contributed by atoms with Crippen LogP contribution in [0, 0.1) is 6.92 Å². The van der Waals surface area contributed by atoms with Gasteiger partial charge in [-0.1, -0.05) is 29.3 Å². The first kappa shape index (κ1) is 14.6. The van der Waals surface area contributed by atoms with Crippen molar-refractivity contribution in [1.82, 2.24) is 0 Å². The average molecular weight is 316 g/mol. The monoisotopic (exact) mass is 314 g/mol. The first-order valence-corrected chi connectivity index (χ1v) is 7.60. The van der Waals surface area contributed by atoms with E-state index in [0.29, 0.717) is 0 Å². The number of halogens is 3. The molecule has 0 aliphatic heterocycles. The van der Waals surface area contributed by atoms with E-state index in [4.69, 9.17) is 38.6 Å². The average Bonchev–Trinajstić information content (AvgIpc) is 2.25. The molecule has 0 saturated heterocycles. The first-order chi connectivity index (χ1) is 7.84. The summed E-state index contributed by atoms with van der Waals surface area (Å²) in [6.45, 7) is 1.73. The quantitative estimate of drug-likeness (QED) is 0.797. The highest BCUT2D eigenvalue weighted by Crippen LogP contribution is 2.28. The Bertz CT molecular complexity index is 538. The van der Waals surface area contributed by atoms with Crippen LogP contribution in [0.1, 0.15) is 5.56 Å². The maximum Gasteiger partial charge on any atom is 0.264 e. The zero-order chi connectivity index (χ0) is 13.1. The lowest BCUT2D eigenvalue weighted by Crippen LogP contribution is -2.02. The summed E-state index contributed by atoms with van der Waals surface area (Å²) >= 11 is 11.0. The van der Waals surface area contributed by atoms with Gasteiger partial charge in [-0.2, -0.15) is 0 Å². The molecule has 0 saturated carbocycles. The van der Waals surface area contributed by atoms with Crippen molar-refractivity contribution in [3.63, 3.8) is 0 Å². The fraction of sp³-hybridized carbons (Fsp3) is 0.200. The van der Waals surface area contributed by atoms with Crippen molar-refractivity contribution >= 4 is 42.9 Å². The van der Waals surface area contributed by atoms with Crippen LogP contribution in [0.5, 0.6) is 5.75 Å². The molecule has 3 nitrogen and oxygen atoms in total. The standard InChI is InChI=1S/C10H9Cl3O3S/c1-7-2-3-9(16-6-8(12)5-11)10(4-7)17(13,14)15/h2-5H,6H2,1H3/b8-5-. The summed E-state index contributed by atoms with van der Waals surface area (Å²) in [7, 11) is 1.44. The van der Waals surface area contributed by atoms with Crippen molar-refractivity contribution in [3.8, 4) is 5.75 Å². The van der Waals surface area contributed by atoms with Crippen LogP contribution in [0.15, 0.2) is 33.7 Å². The van der Waals surface area contributed by atoms with E-state index in [9.17, 15) is 8.42 Å². The molecule has 0 radical (unpaired) electrons. The van der Waals surface area contributed by atoms with E-state index in [2.05, 4.69) is 0 Å². The summed E-state index contributed by atoms with van der Waals surface area (Å²) in [5.41, 5.74) is 1.90. The summed E-state index contributed by atoms with van der Waals surface area (Å²) in [6.07, 6.45) is 0. The number of aryl methyl sites for hydroxylation is 1. The molecule has 1 aromatic rings. The summed E-state index contributed by atoms with van der Waals surface area (Å²) < 4.78 is 27.9. The van der Waals surface area contributed by atoms with E-state index in [-0.39, 0.29) is 22.3 Å². The van der Waals surface area contributed by atoms with Gasteiger partial charge in [-0.05, 0) is 24.6 Å². The van der Waals surface area contributed by atoms with Gasteiger partial charge in [-0.25, -0.2) is 8.42 Å². The van der Waals surface area contributed by atoms with Crippen molar-refractivity contribution in [2.24, 2.45) is 0 Å². The summed E-state index contributed by atoms with van der Waals surface area (Å²) in [4.78, 5) is -0.0850. The Morgan fingerprint density at radius 3 is 2.65 bits per heavy atom. The van der Waals surface area contributed by atoms with Crippen LogP contribution < -0.4 is 4.74 Å². The molecule has 94 valence electrons. The topological polar surface area (TPSA) is 43.4 Å². The van der Waals surface area contributed by atoms with E-state index in [1.165, 1.54) is 12.1 Å². The Morgan fingerprint density at radius 1 is 1.47 bits per heavy atom. The Hall–Kier alpha value is -0.420. The predicted molar refractivity (Wildman–Crippen MR) is 69.5 cm³/mol. The van der Waals surface area contributed by atoms with Gasteiger partial charge in [0.15, 0.2) is 0 Å². The molecule has 0 fully saturated rings. The second kappa shape index (κ2) is 5.96. The molecule has 0 spiro atoms. The van der Waals surface area contributed by atoms with E-state index < -0.39 is 9.05 Å². The van der Waals surface area contributed by atoms with Crippen LogP contribution in [0.2, 0.25) is 0 Å². The van der Waals surface area contributed by atoms with Gasteiger partial charge in [0.05, 0.1) is 5.03 Å². The number of rotatable bonds is 4. The maximum atomic E-state index is 11.3. The normalized spacial score (nSPS) is 12.6. The molecule has 17 heavy (non-hydrogen) atoms. The minimum atomic E-state index is -3.86. The molecule has 0 aliphatic carbocycles. The molecule has 0 N–H and O–H groups in total. The summed E-state index contributed by atoms with van der Waals surface area (Å²) in [5.74, 6) is 0.141. The number of benzene rings is 1. The molecule has 0 amide bonds. The Morgan fingerprint density at radius 2 is 2.12 bits per heavy atom. The fourth-order valence-corrected chi connectivity index (χ4v) is 2.28. The second-order valence-corrected chi connectivity index (χ2v) is 6.47. The lowest BCUT2D eigenvalue weighted by molar-refractivity contribution is 0.349. The van der Waals surface area contributed by atoms with Crippen LogP contribution in [0.25, 0.3) is 0 Å². The van der Waals surface area contributed by atoms with Crippen molar-refractivity contribution < 1.29 is 13.2 Å². The third-order valence-electron chi connectivity index (χ3n) is 1.85. The minimum absolute atomic E-state index is 0.0203. The van der Waals surface area contributed by atoms with Gasteiger partial charge in [0.2, 0.25) is 0 Å². The van der Waals surface area contributed by atoms with E-state index >= 15 is 0 Å². The van der Waals surface area contributed by atoms with Crippen LogP contribution in [0.3, 0.4) is 0 Å². The largest absolute Gasteiger partial charge is 0.487 e. The van der Waals surface area contributed by atoms with E-state index in [1.807, 2.05) is 0 Å². The number of hydrogen-bond acceptors (Lipinski definition) is 3. The molecule has 1 aromatic carbocycles. The van der Waals surface area contributed by atoms with Crippen LogP contribution >= 0.6 is 33.9 Å². The lowest BCUT2D eigenvalue weighted by atomic mass is 10.2. The smallest absolute Gasteiger partial charge is 0.264 e. The zero-order valence-corrected chi connectivity index (χ0v) is 11.9. The molecular weight excluding hydrogens is 307 g/mol. The molecule has 0 heterocycles. The van der Waals surface area contributed by atoms with Gasteiger partial charge < -0.3 is 4.74 Å². The minimum Gasteiger partial charge on any atom is -0.487 e. The van der Waals surface area contributed by atoms with Crippen molar-refractivity contribution in [1.29, 1.82) is 0 Å². The molecule has 0 aromatic heterocycles. The molecule has 0 atom stereocenters. The third kappa shape index (κ3) is 4.39. The summed E-state index contributed by atoms with van der Waals surface area (Å²) in [6, 6.07) is 4.65. The van der Waals surface area contributed by atoms with Gasteiger partial charge >= 0.3 is 0 Å². The Labute approximate surface area is 114 Å². The number of ether oxygens (including phenoxy) is 1. The first-order valence-electron chi connectivity index (χ1n) is 4.47. The number of hydrogen-bond donors (Lipinski definition) is 0. The summed E-state index contributed by atoms with van der Waals surface area (Å²) in [5, 5.41) is 0.255. The third-order valence-corrected chi connectivity index (χ3v) is 3.78. The maximum absolute atomic E-state index is 11.3. The van der Waals surface area contributed by atoms with Crippen molar-refractivity contribution in [2.75, 3.05) is 6.61 Å². The zero-order valence-electron chi connectivity index (χ0n) is 8.78. The Balaban J connectivity index is 3.08. The van der Waals surface area contributed by atoms with Gasteiger partial charge in [0, 0.05) is 16.2 Å². The SMILES string of the molecule is Cc1ccc(OC/C(Cl)=C/Cl)c(S(=O)(=O)Cl)c1. The second-order valence-electron chi connectivity index (χ2n) is 3.23. The molecule has 7 heteroatoms.